The predicted molar refractivity (Wildman–Crippen MR) is 94.0 cm³/mol. The van der Waals surface area contributed by atoms with Crippen LogP contribution >= 0.6 is 0 Å². The summed E-state index contributed by atoms with van der Waals surface area (Å²) in [5.41, 5.74) is 0.972. The Morgan fingerprint density at radius 3 is 2.09 bits per heavy atom. The van der Waals surface area contributed by atoms with Crippen LogP contribution < -0.4 is 16.1 Å². The molecular weight excluding hydrogens is 291 g/mol. The zero-order valence-corrected chi connectivity index (χ0v) is 14.9. The standard InChI is InChI=1S/C17H27BN2O3/c1-12(2)11-19-15(21)20-14-9-7-13(8-10-14)18-22-16(3,4)17(5,6)23-18/h7-10,12H,11H2,1-6H3,(H2,19,20,21). The maximum absolute atomic E-state index is 11.8. The molecule has 1 fully saturated rings. The van der Waals surface area contributed by atoms with Gasteiger partial charge in [-0.25, -0.2) is 4.79 Å². The van der Waals surface area contributed by atoms with Crippen molar-refractivity contribution in [2.45, 2.75) is 52.7 Å². The van der Waals surface area contributed by atoms with Gasteiger partial charge < -0.3 is 19.9 Å². The van der Waals surface area contributed by atoms with Crippen molar-refractivity contribution in [1.29, 1.82) is 0 Å². The number of rotatable bonds is 4. The average Bonchev–Trinajstić information content (AvgIpc) is 2.66. The molecule has 0 aromatic heterocycles. The molecule has 0 spiro atoms. The first kappa shape index (κ1) is 17.8. The van der Waals surface area contributed by atoms with Gasteiger partial charge in [-0.15, -0.1) is 0 Å². The van der Waals surface area contributed by atoms with Gasteiger partial charge in [0.1, 0.15) is 0 Å². The Morgan fingerprint density at radius 2 is 1.61 bits per heavy atom. The van der Waals surface area contributed by atoms with Crippen molar-refractivity contribution in [2.24, 2.45) is 5.92 Å². The minimum absolute atomic E-state index is 0.193. The van der Waals surface area contributed by atoms with Crippen LogP contribution in [-0.2, 0) is 9.31 Å². The number of hydrogen-bond acceptors (Lipinski definition) is 3. The lowest BCUT2D eigenvalue weighted by atomic mass is 9.79. The maximum atomic E-state index is 11.8. The number of benzene rings is 1. The number of nitrogens with one attached hydrogen (secondary N) is 2. The van der Waals surface area contributed by atoms with E-state index in [1.54, 1.807) is 0 Å². The smallest absolute Gasteiger partial charge is 0.399 e. The molecule has 23 heavy (non-hydrogen) atoms. The molecule has 1 aromatic carbocycles. The summed E-state index contributed by atoms with van der Waals surface area (Å²) in [7, 11) is -0.385. The molecule has 1 aliphatic heterocycles. The Kier molecular flexibility index (Phi) is 5.06. The molecule has 0 bridgehead atoms. The van der Waals surface area contributed by atoms with Crippen molar-refractivity contribution >= 4 is 24.3 Å². The van der Waals surface area contributed by atoms with Gasteiger partial charge in [0.05, 0.1) is 11.2 Å². The fraction of sp³-hybridized carbons (Fsp3) is 0.588. The minimum Gasteiger partial charge on any atom is -0.399 e. The molecule has 0 unspecified atom stereocenters. The Labute approximate surface area is 139 Å². The summed E-state index contributed by atoms with van der Waals surface area (Å²) in [4.78, 5) is 11.8. The number of carbonyl (C=O) groups excluding carboxylic acids is 1. The summed E-state index contributed by atoms with van der Waals surface area (Å²) in [6.45, 7) is 12.9. The van der Waals surface area contributed by atoms with Crippen LogP contribution in [0.15, 0.2) is 24.3 Å². The molecule has 1 heterocycles. The van der Waals surface area contributed by atoms with Crippen LogP contribution in [-0.4, -0.2) is 30.9 Å². The molecule has 1 aliphatic rings. The highest BCUT2D eigenvalue weighted by atomic mass is 16.7. The van der Waals surface area contributed by atoms with Gasteiger partial charge in [-0.05, 0) is 51.2 Å². The van der Waals surface area contributed by atoms with Gasteiger partial charge in [0.25, 0.3) is 0 Å². The lowest BCUT2D eigenvalue weighted by Gasteiger charge is -2.32. The van der Waals surface area contributed by atoms with Crippen molar-refractivity contribution in [3.05, 3.63) is 24.3 Å². The predicted octanol–water partition coefficient (Wildman–Crippen LogP) is 2.76. The van der Waals surface area contributed by atoms with Crippen LogP contribution in [0.4, 0.5) is 10.5 Å². The van der Waals surface area contributed by atoms with Crippen LogP contribution in [0.25, 0.3) is 0 Å². The first-order valence-corrected chi connectivity index (χ1v) is 8.11. The second-order valence-corrected chi connectivity index (χ2v) is 7.44. The summed E-state index contributed by atoms with van der Waals surface area (Å²) >= 11 is 0. The van der Waals surface area contributed by atoms with Crippen LogP contribution in [0, 0.1) is 5.92 Å². The second-order valence-electron chi connectivity index (χ2n) is 7.44. The van der Waals surface area contributed by atoms with E-state index in [0.717, 1.165) is 11.2 Å². The van der Waals surface area contributed by atoms with Crippen molar-refractivity contribution in [3.8, 4) is 0 Å². The van der Waals surface area contributed by atoms with E-state index in [1.807, 2.05) is 52.0 Å². The SMILES string of the molecule is CC(C)CNC(=O)Nc1ccc(B2OC(C)(C)C(C)(C)O2)cc1. The Bertz CT molecular complexity index is 539. The highest BCUT2D eigenvalue weighted by Gasteiger charge is 2.51. The summed E-state index contributed by atoms with van der Waals surface area (Å²) in [6.07, 6.45) is 0. The molecular formula is C17H27BN2O3. The summed E-state index contributed by atoms with van der Waals surface area (Å²) < 4.78 is 12.0. The zero-order valence-electron chi connectivity index (χ0n) is 14.9. The van der Waals surface area contributed by atoms with E-state index < -0.39 is 0 Å². The monoisotopic (exact) mass is 318 g/mol. The second kappa shape index (κ2) is 6.53. The minimum atomic E-state index is -0.385. The lowest BCUT2D eigenvalue weighted by molar-refractivity contribution is 0.00578. The average molecular weight is 318 g/mol. The van der Waals surface area contributed by atoms with Gasteiger partial charge in [0.2, 0.25) is 0 Å². The molecule has 1 aromatic rings. The third-order valence-electron chi connectivity index (χ3n) is 4.36. The molecule has 2 amide bonds. The van der Waals surface area contributed by atoms with Gasteiger partial charge in [0, 0.05) is 12.2 Å². The Hall–Kier alpha value is -1.53. The Morgan fingerprint density at radius 1 is 1.09 bits per heavy atom. The molecule has 1 saturated heterocycles. The normalized spacial score (nSPS) is 19.0. The number of carbonyl (C=O) groups is 1. The zero-order chi connectivity index (χ0) is 17.3. The van der Waals surface area contributed by atoms with Gasteiger partial charge >= 0.3 is 13.1 Å². The summed E-state index contributed by atoms with van der Waals surface area (Å²) in [5, 5.41) is 5.64. The van der Waals surface area contributed by atoms with Gasteiger partial charge in [-0.1, -0.05) is 26.0 Å². The van der Waals surface area contributed by atoms with E-state index in [2.05, 4.69) is 24.5 Å². The van der Waals surface area contributed by atoms with Crippen molar-refractivity contribution in [3.63, 3.8) is 0 Å². The topological polar surface area (TPSA) is 59.6 Å². The van der Waals surface area contributed by atoms with Crippen molar-refractivity contribution in [2.75, 3.05) is 11.9 Å². The van der Waals surface area contributed by atoms with Crippen LogP contribution in [0.5, 0.6) is 0 Å². The van der Waals surface area contributed by atoms with E-state index in [4.69, 9.17) is 9.31 Å². The van der Waals surface area contributed by atoms with Gasteiger partial charge in [-0.2, -0.15) is 0 Å². The van der Waals surface area contributed by atoms with E-state index >= 15 is 0 Å². The number of hydrogen-bond donors (Lipinski definition) is 2. The molecule has 0 saturated carbocycles. The van der Waals surface area contributed by atoms with Crippen LogP contribution in [0.2, 0.25) is 0 Å². The number of anilines is 1. The number of amides is 2. The van der Waals surface area contributed by atoms with E-state index in [0.29, 0.717) is 12.5 Å². The first-order chi connectivity index (χ1) is 10.6. The van der Waals surface area contributed by atoms with Crippen molar-refractivity contribution < 1.29 is 14.1 Å². The molecule has 2 N–H and O–H groups in total. The van der Waals surface area contributed by atoms with Crippen LogP contribution in [0.1, 0.15) is 41.5 Å². The maximum Gasteiger partial charge on any atom is 0.494 e. The van der Waals surface area contributed by atoms with Gasteiger partial charge in [-0.3, -0.25) is 0 Å². The van der Waals surface area contributed by atoms with E-state index in [1.165, 1.54) is 0 Å². The van der Waals surface area contributed by atoms with E-state index in [-0.39, 0.29) is 24.4 Å². The summed E-state index contributed by atoms with van der Waals surface area (Å²) in [5.74, 6) is 0.423. The lowest BCUT2D eigenvalue weighted by Crippen LogP contribution is -2.41. The molecule has 0 aliphatic carbocycles. The molecule has 126 valence electrons. The van der Waals surface area contributed by atoms with Gasteiger partial charge in [0.15, 0.2) is 0 Å². The van der Waals surface area contributed by atoms with Crippen LogP contribution in [0.3, 0.4) is 0 Å². The molecule has 5 nitrogen and oxygen atoms in total. The third-order valence-corrected chi connectivity index (χ3v) is 4.36. The molecule has 0 atom stereocenters. The highest BCUT2D eigenvalue weighted by Crippen LogP contribution is 2.36. The molecule has 0 radical (unpaired) electrons. The largest absolute Gasteiger partial charge is 0.494 e. The highest BCUT2D eigenvalue weighted by molar-refractivity contribution is 6.62. The van der Waals surface area contributed by atoms with E-state index in [9.17, 15) is 4.79 Å². The van der Waals surface area contributed by atoms with Crippen molar-refractivity contribution in [1.82, 2.24) is 5.32 Å². The summed E-state index contributed by atoms with van der Waals surface area (Å²) in [6, 6.07) is 7.35. The first-order valence-electron chi connectivity index (χ1n) is 8.11. The number of urea groups is 1. The molecule has 2 rings (SSSR count). The molecule has 6 heteroatoms. The third kappa shape index (κ3) is 4.27. The Balaban J connectivity index is 1.97. The quantitative estimate of drug-likeness (QED) is 0.839. The fourth-order valence-electron chi connectivity index (χ4n) is 2.17. The fourth-order valence-corrected chi connectivity index (χ4v) is 2.17.